The summed E-state index contributed by atoms with van der Waals surface area (Å²) >= 11 is 7.97. The van der Waals surface area contributed by atoms with Crippen molar-refractivity contribution in [1.29, 1.82) is 0 Å². The molecule has 2 nitrogen and oxygen atoms in total. The average molecular weight is 296 g/mol. The van der Waals surface area contributed by atoms with E-state index in [1.165, 1.54) is 10.4 Å². The van der Waals surface area contributed by atoms with Gasteiger partial charge in [-0.25, -0.2) is 0 Å². The van der Waals surface area contributed by atoms with E-state index in [1.807, 2.05) is 32.0 Å². The Hall–Kier alpha value is -1.19. The molecule has 0 amide bonds. The van der Waals surface area contributed by atoms with Crippen molar-refractivity contribution in [3.63, 3.8) is 0 Å². The van der Waals surface area contributed by atoms with Crippen LogP contribution in [0.15, 0.2) is 29.6 Å². The molecule has 102 valence electrons. The fourth-order valence-corrected chi connectivity index (χ4v) is 2.80. The van der Waals surface area contributed by atoms with Gasteiger partial charge in [0.2, 0.25) is 0 Å². The molecule has 0 bridgehead atoms. The Bertz CT molecular complexity index is 551. The van der Waals surface area contributed by atoms with Crippen molar-refractivity contribution < 1.29 is 4.74 Å². The Labute approximate surface area is 123 Å². The van der Waals surface area contributed by atoms with E-state index in [1.54, 1.807) is 11.3 Å². The van der Waals surface area contributed by atoms with E-state index in [0.29, 0.717) is 5.02 Å². The fraction of sp³-hybridized carbons (Fsp3) is 0.333. The molecule has 4 heteroatoms. The van der Waals surface area contributed by atoms with E-state index in [2.05, 4.69) is 23.7 Å². The Kier molecular flexibility index (Phi) is 4.72. The predicted molar refractivity (Wildman–Crippen MR) is 83.6 cm³/mol. The molecule has 0 radical (unpaired) electrons. The number of aryl methyl sites for hydroxylation is 1. The molecule has 0 spiro atoms. The first kappa shape index (κ1) is 14.2. The molecular formula is C15H18ClNOS. The summed E-state index contributed by atoms with van der Waals surface area (Å²) in [6.07, 6.45) is 0.130. The molecule has 1 aromatic carbocycles. The summed E-state index contributed by atoms with van der Waals surface area (Å²) < 4.78 is 5.61. The minimum atomic E-state index is 0.130. The summed E-state index contributed by atoms with van der Waals surface area (Å²) in [4.78, 5) is 1.35. The average Bonchev–Trinajstić information content (AvgIpc) is 2.75. The van der Waals surface area contributed by atoms with Gasteiger partial charge in [0.1, 0.15) is 5.75 Å². The maximum atomic E-state index is 6.20. The molecular weight excluding hydrogens is 278 g/mol. The van der Waals surface area contributed by atoms with E-state index in [0.717, 1.165) is 18.0 Å². The predicted octanol–water partition coefficient (Wildman–Crippen LogP) is 5.11. The smallest absolute Gasteiger partial charge is 0.138 e. The highest BCUT2D eigenvalue weighted by molar-refractivity contribution is 7.10. The van der Waals surface area contributed by atoms with Crippen LogP contribution in [0.1, 0.15) is 24.3 Å². The number of hydrogen-bond donors (Lipinski definition) is 1. The second-order valence-corrected chi connectivity index (χ2v) is 6.10. The van der Waals surface area contributed by atoms with Crippen LogP contribution in [0.5, 0.6) is 5.75 Å². The van der Waals surface area contributed by atoms with Gasteiger partial charge in [-0.1, -0.05) is 11.6 Å². The first-order valence-electron chi connectivity index (χ1n) is 6.29. The molecule has 0 unspecified atom stereocenters. The molecule has 2 aromatic rings. The monoisotopic (exact) mass is 295 g/mol. The maximum Gasteiger partial charge on any atom is 0.138 e. The van der Waals surface area contributed by atoms with Crippen molar-refractivity contribution in [1.82, 2.24) is 0 Å². The van der Waals surface area contributed by atoms with Crippen molar-refractivity contribution >= 4 is 28.6 Å². The van der Waals surface area contributed by atoms with E-state index >= 15 is 0 Å². The van der Waals surface area contributed by atoms with Crippen molar-refractivity contribution in [2.24, 2.45) is 0 Å². The lowest BCUT2D eigenvalue weighted by molar-refractivity contribution is 0.242. The van der Waals surface area contributed by atoms with Gasteiger partial charge in [-0.2, -0.15) is 0 Å². The van der Waals surface area contributed by atoms with Crippen LogP contribution in [-0.4, -0.2) is 6.10 Å². The van der Waals surface area contributed by atoms with Crippen LogP contribution in [0.4, 0.5) is 5.69 Å². The molecule has 1 heterocycles. The zero-order chi connectivity index (χ0) is 13.8. The van der Waals surface area contributed by atoms with Gasteiger partial charge in [0, 0.05) is 17.1 Å². The molecule has 0 fully saturated rings. The largest absolute Gasteiger partial charge is 0.489 e. The number of benzene rings is 1. The van der Waals surface area contributed by atoms with Crippen LogP contribution < -0.4 is 10.1 Å². The number of anilines is 1. The van der Waals surface area contributed by atoms with Gasteiger partial charge in [-0.05, 0) is 56.0 Å². The quantitative estimate of drug-likeness (QED) is 0.827. The lowest BCUT2D eigenvalue weighted by Crippen LogP contribution is -2.06. The van der Waals surface area contributed by atoms with Crippen LogP contribution in [0, 0.1) is 6.92 Å². The van der Waals surface area contributed by atoms with Crippen LogP contribution >= 0.6 is 22.9 Å². The van der Waals surface area contributed by atoms with Crippen molar-refractivity contribution in [2.75, 3.05) is 5.32 Å². The fourth-order valence-electron chi connectivity index (χ4n) is 1.73. The van der Waals surface area contributed by atoms with Gasteiger partial charge in [0.05, 0.1) is 11.1 Å². The summed E-state index contributed by atoms with van der Waals surface area (Å²) in [7, 11) is 0. The Morgan fingerprint density at radius 3 is 2.68 bits per heavy atom. The van der Waals surface area contributed by atoms with Crippen LogP contribution in [0.25, 0.3) is 0 Å². The molecule has 0 atom stereocenters. The second-order valence-electron chi connectivity index (χ2n) is 4.69. The normalized spacial score (nSPS) is 10.8. The zero-order valence-corrected chi connectivity index (χ0v) is 12.9. The molecule has 19 heavy (non-hydrogen) atoms. The highest BCUT2D eigenvalue weighted by Gasteiger charge is 2.05. The molecule has 0 aliphatic rings. The van der Waals surface area contributed by atoms with Gasteiger partial charge >= 0.3 is 0 Å². The standard InChI is InChI=1S/C15H18ClNOS/c1-10(2)18-14-5-4-12(8-13(14)16)17-9-15-11(3)6-7-19-15/h4-8,10,17H,9H2,1-3H3. The number of nitrogens with one attached hydrogen (secondary N) is 1. The summed E-state index contributed by atoms with van der Waals surface area (Å²) in [5, 5.41) is 6.13. The van der Waals surface area contributed by atoms with Crippen LogP contribution in [0.2, 0.25) is 5.02 Å². The van der Waals surface area contributed by atoms with Crippen molar-refractivity contribution in [3.05, 3.63) is 45.1 Å². The third-order valence-corrected chi connectivity index (χ3v) is 4.03. The van der Waals surface area contributed by atoms with Gasteiger partial charge in [0.25, 0.3) is 0 Å². The molecule has 0 saturated carbocycles. The molecule has 0 aliphatic carbocycles. The number of ether oxygens (including phenoxy) is 1. The number of rotatable bonds is 5. The van der Waals surface area contributed by atoms with Gasteiger partial charge in [0.15, 0.2) is 0 Å². The molecule has 2 rings (SSSR count). The van der Waals surface area contributed by atoms with Gasteiger partial charge in [-0.15, -0.1) is 11.3 Å². The molecule has 0 saturated heterocycles. The minimum Gasteiger partial charge on any atom is -0.489 e. The van der Waals surface area contributed by atoms with E-state index in [4.69, 9.17) is 16.3 Å². The summed E-state index contributed by atoms with van der Waals surface area (Å²) in [5.74, 6) is 0.731. The second kappa shape index (κ2) is 6.31. The summed E-state index contributed by atoms with van der Waals surface area (Å²) in [6, 6.07) is 7.94. The Morgan fingerprint density at radius 2 is 2.11 bits per heavy atom. The van der Waals surface area contributed by atoms with Crippen LogP contribution in [-0.2, 0) is 6.54 Å². The van der Waals surface area contributed by atoms with E-state index in [-0.39, 0.29) is 6.10 Å². The first-order valence-corrected chi connectivity index (χ1v) is 7.55. The maximum absolute atomic E-state index is 6.20. The number of halogens is 1. The highest BCUT2D eigenvalue weighted by Crippen LogP contribution is 2.29. The SMILES string of the molecule is Cc1ccsc1CNc1ccc(OC(C)C)c(Cl)c1. The van der Waals surface area contributed by atoms with Crippen molar-refractivity contribution in [3.8, 4) is 5.75 Å². The lowest BCUT2D eigenvalue weighted by atomic mass is 10.2. The Morgan fingerprint density at radius 1 is 1.32 bits per heavy atom. The molecule has 0 aliphatic heterocycles. The first-order chi connectivity index (χ1) is 9.06. The van der Waals surface area contributed by atoms with Gasteiger partial charge < -0.3 is 10.1 Å². The molecule has 1 N–H and O–H groups in total. The van der Waals surface area contributed by atoms with Crippen LogP contribution in [0.3, 0.4) is 0 Å². The topological polar surface area (TPSA) is 21.3 Å². The summed E-state index contributed by atoms with van der Waals surface area (Å²) in [5.41, 5.74) is 2.33. The minimum absolute atomic E-state index is 0.130. The third-order valence-electron chi connectivity index (χ3n) is 2.72. The zero-order valence-electron chi connectivity index (χ0n) is 11.4. The third kappa shape index (κ3) is 3.88. The molecule has 1 aromatic heterocycles. The number of thiophene rings is 1. The van der Waals surface area contributed by atoms with E-state index < -0.39 is 0 Å². The van der Waals surface area contributed by atoms with Gasteiger partial charge in [-0.3, -0.25) is 0 Å². The lowest BCUT2D eigenvalue weighted by Gasteiger charge is -2.13. The number of hydrogen-bond acceptors (Lipinski definition) is 3. The van der Waals surface area contributed by atoms with E-state index in [9.17, 15) is 0 Å². The highest BCUT2D eigenvalue weighted by atomic mass is 35.5. The van der Waals surface area contributed by atoms with Crippen molar-refractivity contribution in [2.45, 2.75) is 33.4 Å². The Balaban J connectivity index is 2.02. The summed E-state index contributed by atoms with van der Waals surface area (Å²) in [6.45, 7) is 6.92.